The number of piperazine rings is 1. The van der Waals surface area contributed by atoms with Crippen LogP contribution in [0, 0.1) is 0 Å². The second-order valence-corrected chi connectivity index (χ2v) is 6.00. The summed E-state index contributed by atoms with van der Waals surface area (Å²) in [6.45, 7) is 9.97. The number of hydrogen-bond donors (Lipinski definition) is 3. The van der Waals surface area contributed by atoms with Crippen molar-refractivity contribution in [2.45, 2.75) is 45.6 Å². The van der Waals surface area contributed by atoms with E-state index in [2.05, 4.69) is 27.1 Å². The van der Waals surface area contributed by atoms with Crippen molar-refractivity contribution in [1.82, 2.24) is 20.2 Å². The van der Waals surface area contributed by atoms with Crippen LogP contribution in [0.15, 0.2) is 4.79 Å². The van der Waals surface area contributed by atoms with Crippen LogP contribution < -0.4 is 16.6 Å². The second-order valence-electron chi connectivity index (χ2n) is 6.00. The smallest absolute Gasteiger partial charge is 0.256 e. The van der Waals surface area contributed by atoms with Crippen LogP contribution in [-0.4, -0.2) is 41.0 Å². The lowest BCUT2D eigenvalue weighted by molar-refractivity contribution is 0.158. The Morgan fingerprint density at radius 2 is 2.00 bits per heavy atom. The van der Waals surface area contributed by atoms with Crippen LogP contribution in [0.3, 0.4) is 0 Å². The van der Waals surface area contributed by atoms with E-state index in [9.17, 15) is 4.79 Å². The molecule has 0 spiro atoms. The molecule has 1 aromatic heterocycles. The average molecular weight is 293 g/mol. The third-order valence-electron chi connectivity index (χ3n) is 4.05. The zero-order chi connectivity index (χ0) is 15.4. The van der Waals surface area contributed by atoms with Crippen molar-refractivity contribution in [3.05, 3.63) is 21.7 Å². The Bertz CT molecular complexity index is 519. The van der Waals surface area contributed by atoms with Crippen molar-refractivity contribution < 1.29 is 0 Å². The Morgan fingerprint density at radius 1 is 1.33 bits per heavy atom. The number of rotatable bonds is 5. The molecule has 2 rings (SSSR count). The fourth-order valence-electron chi connectivity index (χ4n) is 2.99. The van der Waals surface area contributed by atoms with Gasteiger partial charge in [0.1, 0.15) is 11.6 Å². The van der Waals surface area contributed by atoms with Gasteiger partial charge in [-0.1, -0.05) is 27.2 Å². The van der Waals surface area contributed by atoms with Gasteiger partial charge in [0.05, 0.1) is 11.6 Å². The number of nitrogens with zero attached hydrogens (tertiary/aromatic N) is 2. The van der Waals surface area contributed by atoms with Gasteiger partial charge >= 0.3 is 0 Å². The van der Waals surface area contributed by atoms with E-state index in [1.54, 1.807) is 0 Å². The zero-order valence-electron chi connectivity index (χ0n) is 13.3. The maximum absolute atomic E-state index is 12.3. The Labute approximate surface area is 126 Å². The highest BCUT2D eigenvalue weighted by Gasteiger charge is 2.25. The largest absolute Gasteiger partial charge is 0.383 e. The number of nitrogen functional groups attached to an aromatic ring is 1. The highest BCUT2D eigenvalue weighted by atomic mass is 16.1. The van der Waals surface area contributed by atoms with E-state index in [1.807, 2.05) is 13.8 Å². The minimum Gasteiger partial charge on any atom is -0.383 e. The van der Waals surface area contributed by atoms with Gasteiger partial charge in [-0.2, -0.15) is 0 Å². The summed E-state index contributed by atoms with van der Waals surface area (Å²) in [5, 5.41) is 3.35. The normalized spacial score (nSPS) is 18.1. The lowest BCUT2D eigenvalue weighted by Crippen LogP contribution is -2.45. The van der Waals surface area contributed by atoms with Crippen LogP contribution in [0.4, 0.5) is 5.82 Å². The van der Waals surface area contributed by atoms with E-state index in [1.165, 1.54) is 0 Å². The van der Waals surface area contributed by atoms with Crippen LogP contribution >= 0.6 is 0 Å². The second kappa shape index (κ2) is 7.04. The van der Waals surface area contributed by atoms with Gasteiger partial charge in [0.25, 0.3) is 5.56 Å². The molecule has 0 aliphatic carbocycles. The van der Waals surface area contributed by atoms with Crippen molar-refractivity contribution in [3.8, 4) is 0 Å². The summed E-state index contributed by atoms with van der Waals surface area (Å²) in [4.78, 5) is 22.2. The number of aromatic amines is 1. The highest BCUT2D eigenvalue weighted by molar-refractivity contribution is 5.40. The fourth-order valence-corrected chi connectivity index (χ4v) is 2.99. The topological polar surface area (TPSA) is 87.0 Å². The van der Waals surface area contributed by atoms with Crippen LogP contribution in [0.5, 0.6) is 0 Å². The first-order valence-electron chi connectivity index (χ1n) is 7.89. The summed E-state index contributed by atoms with van der Waals surface area (Å²) in [5.41, 5.74) is 6.52. The first-order valence-corrected chi connectivity index (χ1v) is 7.89. The number of nitrogens with one attached hydrogen (secondary N) is 2. The summed E-state index contributed by atoms with van der Waals surface area (Å²) < 4.78 is 0. The summed E-state index contributed by atoms with van der Waals surface area (Å²) in [5.74, 6) is 1.17. The molecule has 1 saturated heterocycles. The van der Waals surface area contributed by atoms with Gasteiger partial charge in [0.15, 0.2) is 0 Å². The van der Waals surface area contributed by atoms with E-state index in [0.29, 0.717) is 17.2 Å². The van der Waals surface area contributed by atoms with Crippen LogP contribution in [0.1, 0.15) is 57.0 Å². The Morgan fingerprint density at radius 3 is 2.52 bits per heavy atom. The predicted molar refractivity (Wildman–Crippen MR) is 85.5 cm³/mol. The number of aromatic nitrogens is 2. The zero-order valence-corrected chi connectivity index (χ0v) is 13.3. The molecule has 6 heteroatoms. The third kappa shape index (κ3) is 3.63. The van der Waals surface area contributed by atoms with Crippen molar-refractivity contribution in [1.29, 1.82) is 0 Å². The highest BCUT2D eigenvalue weighted by Crippen LogP contribution is 2.24. The molecule has 1 unspecified atom stereocenters. The minimum absolute atomic E-state index is 0.0825. The maximum atomic E-state index is 12.3. The molecule has 6 nitrogen and oxygen atoms in total. The van der Waals surface area contributed by atoms with Gasteiger partial charge in [0, 0.05) is 26.2 Å². The van der Waals surface area contributed by atoms with Crippen LogP contribution in [0.25, 0.3) is 0 Å². The first-order chi connectivity index (χ1) is 10.0. The number of anilines is 1. The summed E-state index contributed by atoms with van der Waals surface area (Å²) in [6.07, 6.45) is 2.02. The lowest BCUT2D eigenvalue weighted by atomic mass is 10.0. The Kier molecular flexibility index (Phi) is 5.36. The van der Waals surface area contributed by atoms with Gasteiger partial charge in [-0.3, -0.25) is 9.69 Å². The van der Waals surface area contributed by atoms with Gasteiger partial charge in [0.2, 0.25) is 0 Å². The Hall–Kier alpha value is -1.40. The van der Waals surface area contributed by atoms with E-state index in [-0.39, 0.29) is 17.5 Å². The molecule has 0 aromatic carbocycles. The minimum atomic E-state index is -0.0938. The van der Waals surface area contributed by atoms with Gasteiger partial charge in [-0.25, -0.2) is 4.98 Å². The molecule has 0 saturated carbocycles. The molecule has 0 bridgehead atoms. The molecule has 1 atom stereocenters. The molecule has 1 aliphatic rings. The van der Waals surface area contributed by atoms with Crippen LogP contribution in [0.2, 0.25) is 0 Å². The predicted octanol–water partition coefficient (Wildman–Crippen LogP) is 1.22. The van der Waals surface area contributed by atoms with Gasteiger partial charge < -0.3 is 16.0 Å². The van der Waals surface area contributed by atoms with E-state index >= 15 is 0 Å². The third-order valence-corrected chi connectivity index (χ3v) is 4.05. The lowest BCUT2D eigenvalue weighted by Gasteiger charge is -2.34. The van der Waals surface area contributed by atoms with Crippen LogP contribution in [-0.2, 0) is 0 Å². The molecule has 0 amide bonds. The Balaban J connectivity index is 2.34. The number of H-pyrrole nitrogens is 1. The fraction of sp³-hybridized carbons (Fsp3) is 0.733. The van der Waals surface area contributed by atoms with E-state index in [0.717, 1.165) is 39.0 Å². The SMILES string of the molecule is CCCC(c1nc(N)c(C(C)C)c(=O)[nH]1)N1CCNCC1. The van der Waals surface area contributed by atoms with E-state index in [4.69, 9.17) is 5.73 Å². The van der Waals surface area contributed by atoms with Gasteiger partial charge in [-0.15, -0.1) is 0 Å². The molecule has 4 N–H and O–H groups in total. The molecule has 21 heavy (non-hydrogen) atoms. The van der Waals surface area contributed by atoms with Crippen molar-refractivity contribution in [3.63, 3.8) is 0 Å². The number of hydrogen-bond acceptors (Lipinski definition) is 5. The quantitative estimate of drug-likeness (QED) is 0.760. The summed E-state index contributed by atoms with van der Waals surface area (Å²) in [7, 11) is 0. The molecule has 2 heterocycles. The number of nitrogens with two attached hydrogens (primary N) is 1. The molecule has 1 aliphatic heterocycles. The molecule has 118 valence electrons. The maximum Gasteiger partial charge on any atom is 0.256 e. The van der Waals surface area contributed by atoms with Gasteiger partial charge in [-0.05, 0) is 12.3 Å². The van der Waals surface area contributed by atoms with Crippen molar-refractivity contribution >= 4 is 5.82 Å². The summed E-state index contributed by atoms with van der Waals surface area (Å²) in [6, 6.07) is 0.147. The standard InChI is InChI=1S/C15H27N5O/c1-4-5-11(20-8-6-17-7-9-20)14-18-13(16)12(10(2)3)15(21)19-14/h10-11,17H,4-9H2,1-3H3,(H3,16,18,19,21). The summed E-state index contributed by atoms with van der Waals surface area (Å²) >= 11 is 0. The molecule has 0 radical (unpaired) electrons. The molecular formula is C15H27N5O. The first kappa shape index (κ1) is 16.0. The van der Waals surface area contributed by atoms with Crippen molar-refractivity contribution in [2.24, 2.45) is 0 Å². The van der Waals surface area contributed by atoms with Crippen molar-refractivity contribution in [2.75, 3.05) is 31.9 Å². The average Bonchev–Trinajstić information content (AvgIpc) is 2.44. The molecule has 1 aromatic rings. The molecule has 1 fully saturated rings. The molecular weight excluding hydrogens is 266 g/mol. The van der Waals surface area contributed by atoms with E-state index < -0.39 is 0 Å². The monoisotopic (exact) mass is 293 g/mol.